The molecule has 2 atom stereocenters. The summed E-state index contributed by atoms with van der Waals surface area (Å²) in [5, 5.41) is 17.5. The van der Waals surface area contributed by atoms with E-state index >= 15 is 0 Å². The first-order valence-corrected chi connectivity index (χ1v) is 14.9. The first-order valence-electron chi connectivity index (χ1n) is 13.4. The molecule has 0 aromatic heterocycles. The molecule has 1 aliphatic heterocycles. The van der Waals surface area contributed by atoms with Gasteiger partial charge in [0.25, 0.3) is 0 Å². The molecule has 10 heteroatoms. The Morgan fingerprint density at radius 1 is 0.950 bits per heavy atom. The van der Waals surface area contributed by atoms with E-state index in [1.165, 1.54) is 16.4 Å². The lowest BCUT2D eigenvalue weighted by atomic mass is 10.0. The van der Waals surface area contributed by atoms with Gasteiger partial charge in [-0.25, -0.2) is 8.42 Å². The number of benzene rings is 3. The van der Waals surface area contributed by atoms with Crippen molar-refractivity contribution >= 4 is 21.6 Å². The molecule has 9 nitrogen and oxygen atoms in total. The van der Waals surface area contributed by atoms with Crippen LogP contribution < -0.4 is 20.1 Å². The Kier molecular flexibility index (Phi) is 10.0. The van der Waals surface area contributed by atoms with Crippen LogP contribution in [0.25, 0.3) is 0 Å². The predicted molar refractivity (Wildman–Crippen MR) is 154 cm³/mol. The molecular weight excluding hydrogens is 530 g/mol. The first-order chi connectivity index (χ1) is 19.2. The molecular formula is C30H37N3O6S. The predicted octanol–water partition coefficient (Wildman–Crippen LogP) is 3.65. The van der Waals surface area contributed by atoms with E-state index in [1.54, 1.807) is 6.07 Å². The average molecular weight is 568 g/mol. The maximum absolute atomic E-state index is 13.7. The van der Waals surface area contributed by atoms with Crippen molar-refractivity contribution in [2.45, 2.75) is 43.7 Å². The number of nitrogens with zero attached hydrogens (tertiary/aromatic N) is 1. The Bertz CT molecular complexity index is 1350. The van der Waals surface area contributed by atoms with Crippen LogP contribution in [0.1, 0.15) is 25.8 Å². The fourth-order valence-electron chi connectivity index (χ4n) is 4.51. The van der Waals surface area contributed by atoms with Crippen molar-refractivity contribution < 1.29 is 27.8 Å². The number of carbonyl (C=O) groups is 1. The van der Waals surface area contributed by atoms with Crippen molar-refractivity contribution in [3.8, 4) is 11.5 Å². The number of amides is 1. The monoisotopic (exact) mass is 567 g/mol. The molecule has 0 bridgehead atoms. The Balaban J connectivity index is 1.49. The van der Waals surface area contributed by atoms with Gasteiger partial charge >= 0.3 is 0 Å². The molecule has 1 heterocycles. The first kappa shape index (κ1) is 29.4. The zero-order valence-corrected chi connectivity index (χ0v) is 23.6. The highest BCUT2D eigenvalue weighted by Gasteiger charge is 2.32. The van der Waals surface area contributed by atoms with Crippen molar-refractivity contribution in [2.24, 2.45) is 5.92 Å². The second-order valence-electron chi connectivity index (χ2n) is 10.2. The van der Waals surface area contributed by atoms with Gasteiger partial charge in [-0.2, -0.15) is 4.31 Å². The molecule has 214 valence electrons. The number of aliphatic hydroxyl groups is 1. The molecule has 1 aliphatic rings. The number of aliphatic hydroxyl groups excluding tert-OH is 1. The number of ether oxygens (including phenoxy) is 2. The van der Waals surface area contributed by atoms with E-state index < -0.39 is 22.2 Å². The van der Waals surface area contributed by atoms with Crippen molar-refractivity contribution in [1.29, 1.82) is 0 Å². The highest BCUT2D eigenvalue weighted by molar-refractivity contribution is 7.89. The SMILES string of the molecule is CC(C)CN(C[C@@H](O)[C@H](Cc1ccccc1)NC(=O)CCNc1ccccc1)S(=O)(=O)c1ccc2c(c1)OCO2. The third-order valence-electron chi connectivity index (χ3n) is 6.51. The number of hydrogen-bond acceptors (Lipinski definition) is 7. The van der Waals surface area contributed by atoms with Gasteiger partial charge in [0, 0.05) is 37.8 Å². The molecule has 0 fully saturated rings. The number of nitrogens with one attached hydrogen (secondary N) is 2. The minimum atomic E-state index is -3.98. The second kappa shape index (κ2) is 13.6. The minimum absolute atomic E-state index is 0.00205. The lowest BCUT2D eigenvalue weighted by Gasteiger charge is -2.31. The van der Waals surface area contributed by atoms with Gasteiger partial charge in [-0.05, 0) is 42.2 Å². The Labute approximate surface area is 236 Å². The summed E-state index contributed by atoms with van der Waals surface area (Å²) in [6.07, 6.45) is -0.619. The van der Waals surface area contributed by atoms with Crippen LogP contribution in [0.2, 0.25) is 0 Å². The van der Waals surface area contributed by atoms with Gasteiger partial charge in [-0.1, -0.05) is 62.4 Å². The zero-order chi connectivity index (χ0) is 28.5. The van der Waals surface area contributed by atoms with Crippen LogP contribution in [0.5, 0.6) is 11.5 Å². The number of carbonyl (C=O) groups excluding carboxylic acids is 1. The van der Waals surface area contributed by atoms with Crippen molar-refractivity contribution in [3.05, 3.63) is 84.4 Å². The van der Waals surface area contributed by atoms with Crippen LogP contribution in [-0.2, 0) is 21.2 Å². The molecule has 0 radical (unpaired) electrons. The maximum Gasteiger partial charge on any atom is 0.243 e. The molecule has 3 N–H and O–H groups in total. The molecule has 40 heavy (non-hydrogen) atoms. The maximum atomic E-state index is 13.7. The van der Waals surface area contributed by atoms with Gasteiger partial charge < -0.3 is 25.2 Å². The van der Waals surface area contributed by atoms with Crippen LogP contribution in [-0.4, -0.2) is 62.3 Å². The molecule has 0 unspecified atom stereocenters. The molecule has 0 aliphatic carbocycles. The Morgan fingerprint density at radius 2 is 1.62 bits per heavy atom. The Morgan fingerprint density at radius 3 is 2.33 bits per heavy atom. The molecule has 0 saturated heterocycles. The number of sulfonamides is 1. The molecule has 4 rings (SSSR count). The highest BCUT2D eigenvalue weighted by atomic mass is 32.2. The topological polar surface area (TPSA) is 117 Å². The van der Waals surface area contributed by atoms with E-state index in [0.717, 1.165) is 11.3 Å². The lowest BCUT2D eigenvalue weighted by Crippen LogP contribution is -2.51. The number of anilines is 1. The van der Waals surface area contributed by atoms with Gasteiger partial charge in [-0.3, -0.25) is 4.79 Å². The third kappa shape index (κ3) is 7.97. The number of rotatable bonds is 14. The smallest absolute Gasteiger partial charge is 0.243 e. The quantitative estimate of drug-likeness (QED) is 0.272. The van der Waals surface area contributed by atoms with Gasteiger partial charge in [0.15, 0.2) is 11.5 Å². The van der Waals surface area contributed by atoms with Crippen LogP contribution in [0, 0.1) is 5.92 Å². The lowest BCUT2D eigenvalue weighted by molar-refractivity contribution is -0.122. The largest absolute Gasteiger partial charge is 0.454 e. The van der Waals surface area contributed by atoms with Crippen molar-refractivity contribution in [3.63, 3.8) is 0 Å². The number of para-hydroxylation sites is 1. The average Bonchev–Trinajstić information content (AvgIpc) is 3.41. The number of hydrogen-bond donors (Lipinski definition) is 3. The second-order valence-corrected chi connectivity index (χ2v) is 12.1. The zero-order valence-electron chi connectivity index (χ0n) is 22.8. The summed E-state index contributed by atoms with van der Waals surface area (Å²) in [4.78, 5) is 13.0. The van der Waals surface area contributed by atoms with E-state index in [-0.39, 0.29) is 43.0 Å². The molecule has 1 amide bonds. The highest BCUT2D eigenvalue weighted by Crippen LogP contribution is 2.34. The van der Waals surface area contributed by atoms with E-state index in [9.17, 15) is 18.3 Å². The standard InChI is InChI=1S/C30H37N3O6S/c1-22(2)19-33(40(36,37)25-13-14-28-29(18-25)39-21-38-28)20-27(34)26(17-23-9-5-3-6-10-23)32-30(35)15-16-31-24-11-7-4-8-12-24/h3-14,18,22,26-27,31,34H,15-17,19-21H2,1-2H3,(H,32,35)/t26-,27+/m0/s1. The summed E-state index contributed by atoms with van der Waals surface area (Å²) in [7, 11) is -3.98. The fraction of sp³-hybridized carbons (Fsp3) is 0.367. The minimum Gasteiger partial charge on any atom is -0.454 e. The van der Waals surface area contributed by atoms with Gasteiger partial charge in [0.2, 0.25) is 22.7 Å². The normalized spacial score (nSPS) is 14.2. The van der Waals surface area contributed by atoms with E-state index in [1.807, 2.05) is 74.5 Å². The van der Waals surface area contributed by atoms with Crippen molar-refractivity contribution in [2.75, 3.05) is 31.7 Å². The van der Waals surface area contributed by atoms with Gasteiger partial charge in [0.05, 0.1) is 17.0 Å². The van der Waals surface area contributed by atoms with E-state index in [2.05, 4.69) is 10.6 Å². The van der Waals surface area contributed by atoms with Crippen molar-refractivity contribution in [1.82, 2.24) is 9.62 Å². The van der Waals surface area contributed by atoms with Crippen LogP contribution in [0.4, 0.5) is 5.69 Å². The molecule has 0 saturated carbocycles. The fourth-order valence-corrected chi connectivity index (χ4v) is 6.14. The summed E-state index contributed by atoms with van der Waals surface area (Å²) in [5.41, 5.74) is 1.83. The van der Waals surface area contributed by atoms with Gasteiger partial charge in [0.1, 0.15) is 0 Å². The van der Waals surface area contributed by atoms with Crippen LogP contribution in [0.15, 0.2) is 83.8 Å². The summed E-state index contributed by atoms with van der Waals surface area (Å²) in [5.74, 6) is 0.617. The number of fused-ring (bicyclic) bond motifs is 1. The van der Waals surface area contributed by atoms with Crippen LogP contribution in [0.3, 0.4) is 0 Å². The molecule has 0 spiro atoms. The van der Waals surface area contributed by atoms with Crippen LogP contribution >= 0.6 is 0 Å². The van der Waals surface area contributed by atoms with E-state index in [4.69, 9.17) is 9.47 Å². The summed E-state index contributed by atoms with van der Waals surface area (Å²) >= 11 is 0. The molecule has 3 aromatic carbocycles. The third-order valence-corrected chi connectivity index (χ3v) is 8.33. The summed E-state index contributed by atoms with van der Waals surface area (Å²) < 4.78 is 39.4. The van der Waals surface area contributed by atoms with E-state index in [0.29, 0.717) is 24.5 Å². The van der Waals surface area contributed by atoms with Gasteiger partial charge in [-0.15, -0.1) is 0 Å². The summed E-state index contributed by atoms with van der Waals surface area (Å²) in [6, 6.07) is 22.9. The molecule has 3 aromatic rings. The summed E-state index contributed by atoms with van der Waals surface area (Å²) in [6.45, 7) is 4.29. The Hall–Kier alpha value is -3.60.